The van der Waals surface area contributed by atoms with Gasteiger partial charge in [0.2, 0.25) is 0 Å². The molecule has 2 unspecified atom stereocenters. The summed E-state index contributed by atoms with van der Waals surface area (Å²) in [5.74, 6) is -1.17. The van der Waals surface area contributed by atoms with Crippen LogP contribution in [0.2, 0.25) is 0 Å². The molecule has 1 saturated carbocycles. The summed E-state index contributed by atoms with van der Waals surface area (Å²) in [5.41, 5.74) is 0.188. The minimum Gasteiger partial charge on any atom is -0.550 e. The number of hydrogen-bond donors (Lipinski definition) is 2. The van der Waals surface area contributed by atoms with E-state index in [9.17, 15) is 30.4 Å². The molecule has 0 bridgehead atoms. The number of aromatic hydroxyl groups is 2. The van der Waals surface area contributed by atoms with Gasteiger partial charge in [0, 0.05) is 81.7 Å². The van der Waals surface area contributed by atoms with Crippen LogP contribution in [0.15, 0.2) is 34.3 Å². The number of nitro benzene ring substituents is 2. The van der Waals surface area contributed by atoms with Crippen molar-refractivity contribution in [1.29, 1.82) is 0 Å². The molecule has 1 aliphatic carbocycles. The Kier molecular flexibility index (Phi) is 13.0. The second kappa shape index (κ2) is 15.1. The van der Waals surface area contributed by atoms with Crippen molar-refractivity contribution in [1.82, 2.24) is 0 Å². The molecule has 1 radical (unpaired) electrons. The number of rotatable bonds is 6. The summed E-state index contributed by atoms with van der Waals surface area (Å²) in [6, 6.07) is 4.89. The molecule has 13 heteroatoms. The molecule has 2 N–H and O–H groups in total. The third-order valence-electron chi connectivity index (χ3n) is 6.79. The molecule has 2 aromatic rings. The Morgan fingerprint density at radius 3 is 1.35 bits per heavy atom. The second-order valence-electron chi connectivity index (χ2n) is 12.3. The number of non-ortho nitro benzene ring substituents is 2. The summed E-state index contributed by atoms with van der Waals surface area (Å²) >= 11 is 0. The zero-order chi connectivity index (χ0) is 32.0. The van der Waals surface area contributed by atoms with Crippen LogP contribution in [0.3, 0.4) is 0 Å². The van der Waals surface area contributed by atoms with Gasteiger partial charge in [-0.2, -0.15) is 0 Å². The Labute approximate surface area is 261 Å². The number of phenols is 2. The van der Waals surface area contributed by atoms with E-state index in [1.807, 2.05) is 41.5 Å². The third-order valence-corrected chi connectivity index (χ3v) is 6.79. The summed E-state index contributed by atoms with van der Waals surface area (Å²) in [7, 11) is 0. The average Bonchev–Trinajstić information content (AvgIpc) is 2.86. The van der Waals surface area contributed by atoms with Crippen LogP contribution < -0.4 is 5.11 Å². The van der Waals surface area contributed by atoms with Crippen molar-refractivity contribution in [2.24, 2.45) is 9.98 Å². The summed E-state index contributed by atoms with van der Waals surface area (Å²) < 4.78 is 0. The maximum Gasteiger partial charge on any atom is 0.270 e. The number of nitro groups is 2. The number of phenolic OH excluding ortho intramolecular Hbond substituents is 2. The fraction of sp³-hybridized carbons (Fsp3) is 0.500. The predicted molar refractivity (Wildman–Crippen MR) is 159 cm³/mol. The van der Waals surface area contributed by atoms with Gasteiger partial charge in [-0.1, -0.05) is 54.4 Å². The minimum absolute atomic E-state index is 0. The zero-order valence-corrected chi connectivity index (χ0v) is 26.5. The summed E-state index contributed by atoms with van der Waals surface area (Å²) in [5, 5.41) is 53.6. The van der Waals surface area contributed by atoms with E-state index in [1.165, 1.54) is 36.7 Å². The number of hydrogen-bond acceptors (Lipinski definition) is 10. The number of aliphatic carboxylic acids is 1. The Balaban J connectivity index is 0.00000174. The molecule has 0 heterocycles. The van der Waals surface area contributed by atoms with Crippen LogP contribution in [0.25, 0.3) is 0 Å². The molecular formula is C30H39CoN4O8-. The summed E-state index contributed by atoms with van der Waals surface area (Å²) in [6.07, 6.45) is 6.26. The molecule has 2 aromatic carbocycles. The number of carbonyl (C=O) groups excluding carboxylic acids is 1. The fourth-order valence-corrected chi connectivity index (χ4v) is 4.62. The maximum atomic E-state index is 11.5. The molecule has 12 nitrogen and oxygen atoms in total. The molecule has 43 heavy (non-hydrogen) atoms. The van der Waals surface area contributed by atoms with Gasteiger partial charge in [-0.05, 0) is 30.6 Å². The number of carboxylic acid groups (broad SMARTS) is 1. The van der Waals surface area contributed by atoms with Gasteiger partial charge in [0.15, 0.2) is 0 Å². The van der Waals surface area contributed by atoms with Gasteiger partial charge in [-0.3, -0.25) is 30.2 Å². The van der Waals surface area contributed by atoms with Crippen molar-refractivity contribution in [2.75, 3.05) is 0 Å². The standard InChI is InChI=1S/C28H36N4O6.C2H4O2.Co/c1-27(2,3)21-13-19(31(35)36)11-17(25(21)33)15-29-23-9-7-8-10-24(23)30-16-18-12-20(32(37)38)14-22(26(18)34)28(4,5)6;1-2(3)4;/h11-16,23-24,33-34H,7-10H2,1-6H3;1H3,(H,3,4);/p-1. The van der Waals surface area contributed by atoms with E-state index in [0.717, 1.165) is 32.6 Å². The van der Waals surface area contributed by atoms with E-state index in [0.29, 0.717) is 11.1 Å². The van der Waals surface area contributed by atoms with Crippen molar-refractivity contribution in [2.45, 2.75) is 97.1 Å². The van der Waals surface area contributed by atoms with Gasteiger partial charge in [0.05, 0.1) is 21.9 Å². The van der Waals surface area contributed by atoms with Crippen LogP contribution in [0.4, 0.5) is 11.4 Å². The van der Waals surface area contributed by atoms with E-state index in [-0.39, 0.29) is 62.9 Å². The minimum atomic E-state index is -1.08. The van der Waals surface area contributed by atoms with E-state index in [1.54, 1.807) is 0 Å². The van der Waals surface area contributed by atoms with Crippen molar-refractivity contribution < 1.29 is 46.7 Å². The van der Waals surface area contributed by atoms with Gasteiger partial charge in [0.25, 0.3) is 11.4 Å². The van der Waals surface area contributed by atoms with Crippen molar-refractivity contribution in [3.63, 3.8) is 0 Å². The first kappa shape index (κ1) is 37.2. The smallest absolute Gasteiger partial charge is 0.270 e. The van der Waals surface area contributed by atoms with E-state index >= 15 is 0 Å². The first-order chi connectivity index (χ1) is 19.3. The topological polar surface area (TPSA) is 192 Å². The Morgan fingerprint density at radius 2 is 1.09 bits per heavy atom. The molecule has 0 aromatic heterocycles. The molecule has 1 fully saturated rings. The Morgan fingerprint density at radius 1 is 0.791 bits per heavy atom. The molecule has 0 saturated heterocycles. The molecular weight excluding hydrogens is 603 g/mol. The van der Waals surface area contributed by atoms with Crippen LogP contribution in [0, 0.1) is 20.2 Å². The van der Waals surface area contributed by atoms with Crippen molar-refractivity contribution >= 4 is 29.8 Å². The van der Waals surface area contributed by atoms with Gasteiger partial charge in [0.1, 0.15) is 11.5 Å². The third kappa shape index (κ3) is 10.4. The molecule has 237 valence electrons. The normalized spacial score (nSPS) is 17.2. The maximum absolute atomic E-state index is 11.5. The number of benzene rings is 2. The molecule has 2 atom stereocenters. The largest absolute Gasteiger partial charge is 0.550 e. The number of carboxylic acids is 1. The second-order valence-corrected chi connectivity index (χ2v) is 12.3. The van der Waals surface area contributed by atoms with E-state index in [4.69, 9.17) is 9.90 Å². The van der Waals surface area contributed by atoms with Crippen molar-refractivity contribution in [3.8, 4) is 11.5 Å². The van der Waals surface area contributed by atoms with Gasteiger partial charge < -0.3 is 20.1 Å². The zero-order valence-electron chi connectivity index (χ0n) is 25.4. The van der Waals surface area contributed by atoms with Crippen LogP contribution in [-0.4, -0.2) is 50.5 Å². The van der Waals surface area contributed by atoms with E-state index < -0.39 is 26.6 Å². The summed E-state index contributed by atoms with van der Waals surface area (Å²) in [6.45, 7) is 12.2. The molecule has 0 spiro atoms. The predicted octanol–water partition coefficient (Wildman–Crippen LogP) is 5.11. The fourth-order valence-electron chi connectivity index (χ4n) is 4.62. The first-order valence-corrected chi connectivity index (χ1v) is 13.6. The molecule has 1 aliphatic rings. The van der Waals surface area contributed by atoms with Crippen LogP contribution in [0.1, 0.15) is 96.4 Å². The van der Waals surface area contributed by atoms with Crippen LogP contribution >= 0.6 is 0 Å². The SMILES string of the molecule is CC(=O)[O-].CC(C)(C)c1cc([N+](=O)[O-])cc(C=NC2CCCCC2N=Cc2cc([N+](=O)[O-])cc(C(C)(C)C)c2O)c1O.[Co]. The van der Waals surface area contributed by atoms with Gasteiger partial charge in [-0.15, -0.1) is 0 Å². The number of carbonyl (C=O) groups is 1. The monoisotopic (exact) mass is 642 g/mol. The van der Waals surface area contributed by atoms with E-state index in [2.05, 4.69) is 9.98 Å². The Bertz CT molecular complexity index is 1290. The van der Waals surface area contributed by atoms with Crippen LogP contribution in [0.5, 0.6) is 11.5 Å². The number of aliphatic imine (C=N–C) groups is 2. The number of nitrogens with zero attached hydrogens (tertiary/aromatic N) is 4. The van der Waals surface area contributed by atoms with Gasteiger partial charge >= 0.3 is 0 Å². The molecule has 0 amide bonds. The Hall–Kier alpha value is -3.84. The van der Waals surface area contributed by atoms with Gasteiger partial charge in [-0.25, -0.2) is 0 Å². The molecule has 0 aliphatic heterocycles. The summed E-state index contributed by atoms with van der Waals surface area (Å²) in [4.78, 5) is 40.2. The van der Waals surface area contributed by atoms with Crippen molar-refractivity contribution in [3.05, 3.63) is 66.7 Å². The molecule has 3 rings (SSSR count). The average molecular weight is 643 g/mol. The quantitative estimate of drug-likeness (QED) is 0.247. The first-order valence-electron chi connectivity index (χ1n) is 13.6. The van der Waals surface area contributed by atoms with Crippen LogP contribution in [-0.2, 0) is 32.4 Å².